The zero-order valence-electron chi connectivity index (χ0n) is 18.2. The van der Waals surface area contributed by atoms with Crippen molar-refractivity contribution in [3.05, 3.63) is 29.8 Å². The van der Waals surface area contributed by atoms with Gasteiger partial charge in [0.15, 0.2) is 6.61 Å². The number of amides is 3. The van der Waals surface area contributed by atoms with E-state index in [9.17, 15) is 19.2 Å². The first-order valence-electron chi connectivity index (χ1n) is 10.9. The molecule has 2 heterocycles. The number of carbonyl (C=O) groups excluding carboxylic acids is 4. The summed E-state index contributed by atoms with van der Waals surface area (Å²) in [7, 11) is 1.50. The van der Waals surface area contributed by atoms with Crippen molar-refractivity contribution < 1.29 is 23.9 Å². The van der Waals surface area contributed by atoms with E-state index in [1.165, 1.54) is 16.8 Å². The standard InChI is InChI=1S/C23H29N3O5/c1-14-7-6-9-17(15(14)2)24-19(27)13-31-22(30)23-12-11-20(28)26(23)18-10-5-4-8-16(18)21(29)25(23)3/h4-5,8,10,14-15,17H,6-7,9,11-13H2,1-3H3,(H,24,27)/t14-,15+,17-,23+/m0/s1. The maximum absolute atomic E-state index is 13.2. The summed E-state index contributed by atoms with van der Waals surface area (Å²) in [5, 5.41) is 2.98. The zero-order valence-corrected chi connectivity index (χ0v) is 18.2. The quantitative estimate of drug-likeness (QED) is 0.743. The third kappa shape index (κ3) is 3.38. The van der Waals surface area contributed by atoms with Gasteiger partial charge >= 0.3 is 5.97 Å². The van der Waals surface area contributed by atoms with Gasteiger partial charge in [0.25, 0.3) is 11.8 Å². The Bertz CT molecular complexity index is 932. The number of nitrogens with one attached hydrogen (secondary N) is 1. The van der Waals surface area contributed by atoms with Gasteiger partial charge in [-0.2, -0.15) is 0 Å². The van der Waals surface area contributed by atoms with E-state index in [1.54, 1.807) is 24.3 Å². The van der Waals surface area contributed by atoms with Crippen molar-refractivity contribution in [3.63, 3.8) is 0 Å². The Labute approximate surface area is 181 Å². The smallest absolute Gasteiger partial charge is 0.354 e. The molecule has 1 saturated heterocycles. The Balaban J connectivity index is 1.50. The molecule has 0 unspecified atom stereocenters. The highest BCUT2D eigenvalue weighted by atomic mass is 16.5. The van der Waals surface area contributed by atoms with Crippen LogP contribution in [-0.2, 0) is 19.1 Å². The molecule has 31 heavy (non-hydrogen) atoms. The lowest BCUT2D eigenvalue weighted by atomic mass is 9.78. The Morgan fingerprint density at radius 2 is 1.94 bits per heavy atom. The number of ether oxygens (including phenoxy) is 1. The van der Waals surface area contributed by atoms with Crippen LogP contribution in [0, 0.1) is 11.8 Å². The number of hydrogen-bond acceptors (Lipinski definition) is 5. The summed E-state index contributed by atoms with van der Waals surface area (Å²) in [5.41, 5.74) is -0.795. The number of likely N-dealkylation sites (N-methyl/N-ethyl adjacent to an activating group) is 1. The molecule has 8 nitrogen and oxygen atoms in total. The Morgan fingerprint density at radius 1 is 1.19 bits per heavy atom. The predicted molar refractivity (Wildman–Crippen MR) is 113 cm³/mol. The zero-order chi connectivity index (χ0) is 22.3. The van der Waals surface area contributed by atoms with Gasteiger partial charge in [0.1, 0.15) is 0 Å². The van der Waals surface area contributed by atoms with Gasteiger partial charge in [0, 0.05) is 25.9 Å². The first kappa shape index (κ1) is 21.3. The monoisotopic (exact) mass is 427 g/mol. The number of anilines is 1. The molecule has 0 aromatic heterocycles. The van der Waals surface area contributed by atoms with Crippen LogP contribution in [0.5, 0.6) is 0 Å². The Morgan fingerprint density at radius 3 is 2.71 bits per heavy atom. The van der Waals surface area contributed by atoms with Gasteiger partial charge in [0.05, 0.1) is 11.3 Å². The third-order valence-corrected chi connectivity index (χ3v) is 7.26. The largest absolute Gasteiger partial charge is 0.452 e. The van der Waals surface area contributed by atoms with E-state index in [1.807, 2.05) is 0 Å². The summed E-state index contributed by atoms with van der Waals surface area (Å²) >= 11 is 0. The highest BCUT2D eigenvalue weighted by Gasteiger charge is 2.60. The van der Waals surface area contributed by atoms with E-state index in [2.05, 4.69) is 19.2 Å². The molecule has 1 aliphatic carbocycles. The van der Waals surface area contributed by atoms with E-state index >= 15 is 0 Å². The van der Waals surface area contributed by atoms with Crippen molar-refractivity contribution in [2.24, 2.45) is 11.8 Å². The molecular weight excluding hydrogens is 398 g/mol. The van der Waals surface area contributed by atoms with Crippen molar-refractivity contribution in [3.8, 4) is 0 Å². The van der Waals surface area contributed by atoms with E-state index in [4.69, 9.17) is 4.74 Å². The highest BCUT2D eigenvalue weighted by Crippen LogP contribution is 2.44. The van der Waals surface area contributed by atoms with E-state index in [-0.39, 0.29) is 36.6 Å². The lowest BCUT2D eigenvalue weighted by molar-refractivity contribution is -0.159. The molecule has 1 saturated carbocycles. The predicted octanol–water partition coefficient (Wildman–Crippen LogP) is 2.08. The number of carbonyl (C=O) groups is 4. The van der Waals surface area contributed by atoms with Crippen LogP contribution in [0.4, 0.5) is 5.69 Å². The van der Waals surface area contributed by atoms with Gasteiger partial charge < -0.3 is 15.0 Å². The van der Waals surface area contributed by atoms with Crippen LogP contribution in [0.15, 0.2) is 24.3 Å². The number of fused-ring (bicyclic) bond motifs is 3. The molecule has 0 bridgehead atoms. The van der Waals surface area contributed by atoms with Crippen LogP contribution in [0.25, 0.3) is 0 Å². The summed E-state index contributed by atoms with van der Waals surface area (Å²) in [6.07, 6.45) is 3.36. The summed E-state index contributed by atoms with van der Waals surface area (Å²) in [6.45, 7) is 3.87. The Kier molecular flexibility index (Phi) is 5.49. The fourth-order valence-corrected chi connectivity index (χ4v) is 5.17. The van der Waals surface area contributed by atoms with Crippen molar-refractivity contribution >= 4 is 29.4 Å². The van der Waals surface area contributed by atoms with Gasteiger partial charge in [0.2, 0.25) is 11.6 Å². The van der Waals surface area contributed by atoms with E-state index in [0.29, 0.717) is 23.1 Å². The minimum Gasteiger partial charge on any atom is -0.452 e. The van der Waals surface area contributed by atoms with Gasteiger partial charge in [-0.25, -0.2) is 4.79 Å². The second-order valence-corrected chi connectivity index (χ2v) is 8.94. The summed E-state index contributed by atoms with van der Waals surface area (Å²) < 4.78 is 5.39. The first-order chi connectivity index (χ1) is 14.8. The van der Waals surface area contributed by atoms with Crippen LogP contribution in [-0.4, -0.2) is 54.0 Å². The van der Waals surface area contributed by atoms with Crippen LogP contribution >= 0.6 is 0 Å². The molecule has 8 heteroatoms. The molecule has 166 valence electrons. The molecule has 4 atom stereocenters. The maximum Gasteiger partial charge on any atom is 0.354 e. The molecular formula is C23H29N3O5. The van der Waals surface area contributed by atoms with Crippen molar-refractivity contribution in [2.75, 3.05) is 18.6 Å². The normalized spacial score (nSPS) is 30.0. The Hall–Kier alpha value is -2.90. The number of esters is 1. The second kappa shape index (κ2) is 7.98. The number of hydrogen-bond donors (Lipinski definition) is 1. The molecule has 1 aromatic rings. The molecule has 1 N–H and O–H groups in total. The van der Waals surface area contributed by atoms with Crippen molar-refractivity contribution in [2.45, 2.75) is 57.7 Å². The van der Waals surface area contributed by atoms with Crippen LogP contribution in [0.1, 0.15) is 56.3 Å². The fraction of sp³-hybridized carbons (Fsp3) is 0.565. The van der Waals surface area contributed by atoms with Gasteiger partial charge in [-0.05, 0) is 30.4 Å². The molecule has 0 spiro atoms. The van der Waals surface area contributed by atoms with Gasteiger partial charge in [-0.1, -0.05) is 38.8 Å². The fourth-order valence-electron chi connectivity index (χ4n) is 5.17. The lowest BCUT2D eigenvalue weighted by Crippen LogP contribution is -2.67. The summed E-state index contributed by atoms with van der Waals surface area (Å²) in [5.74, 6) is -0.846. The van der Waals surface area contributed by atoms with Gasteiger partial charge in [-0.15, -0.1) is 0 Å². The van der Waals surface area contributed by atoms with E-state index < -0.39 is 18.2 Å². The summed E-state index contributed by atoms with van der Waals surface area (Å²) in [6, 6.07) is 6.79. The highest BCUT2D eigenvalue weighted by molar-refractivity contribution is 6.15. The number of para-hydroxylation sites is 1. The lowest BCUT2D eigenvalue weighted by Gasteiger charge is -2.46. The molecule has 1 aromatic carbocycles. The van der Waals surface area contributed by atoms with Crippen molar-refractivity contribution in [1.29, 1.82) is 0 Å². The topological polar surface area (TPSA) is 96.0 Å². The second-order valence-electron chi connectivity index (χ2n) is 8.94. The average Bonchev–Trinajstić information content (AvgIpc) is 3.12. The maximum atomic E-state index is 13.2. The molecule has 2 fully saturated rings. The SMILES string of the molecule is C[C@H]1[C@@H](NC(=O)COC(=O)[C@@]23CCC(=O)N2c2ccccc2C(=O)N3C)CCC[C@@H]1C. The van der Waals surface area contributed by atoms with Crippen LogP contribution < -0.4 is 10.2 Å². The third-order valence-electron chi connectivity index (χ3n) is 7.26. The minimum atomic E-state index is -1.56. The number of rotatable bonds is 4. The molecule has 2 aliphatic heterocycles. The summed E-state index contributed by atoms with van der Waals surface area (Å²) in [4.78, 5) is 54.0. The molecule has 3 aliphatic rings. The average molecular weight is 428 g/mol. The molecule has 0 radical (unpaired) electrons. The van der Waals surface area contributed by atoms with Crippen LogP contribution in [0.3, 0.4) is 0 Å². The number of benzene rings is 1. The molecule has 4 rings (SSSR count). The minimum absolute atomic E-state index is 0.0588. The van der Waals surface area contributed by atoms with Crippen LogP contribution in [0.2, 0.25) is 0 Å². The molecule has 3 amide bonds. The first-order valence-corrected chi connectivity index (χ1v) is 10.9. The van der Waals surface area contributed by atoms with Gasteiger partial charge in [-0.3, -0.25) is 19.3 Å². The number of nitrogens with zero attached hydrogens (tertiary/aromatic N) is 2. The van der Waals surface area contributed by atoms with Crippen molar-refractivity contribution in [1.82, 2.24) is 10.2 Å². The van der Waals surface area contributed by atoms with E-state index in [0.717, 1.165) is 19.3 Å².